The van der Waals surface area contributed by atoms with Crippen molar-refractivity contribution in [3.8, 4) is 16.9 Å². The van der Waals surface area contributed by atoms with Crippen molar-refractivity contribution in [2.75, 3.05) is 0 Å². The highest BCUT2D eigenvalue weighted by atomic mass is 35.5. The Morgan fingerprint density at radius 3 is 2.42 bits per heavy atom. The smallest absolute Gasteiger partial charge is 0.356 e. The van der Waals surface area contributed by atoms with Gasteiger partial charge in [-0.05, 0) is 49.4 Å². The number of hydrogen-bond donors (Lipinski definition) is 1. The Balaban J connectivity index is 2.30. The number of aromatic nitrogens is 2. The molecule has 0 bridgehead atoms. The molecule has 0 atom stereocenters. The number of hydrogen-bond acceptors (Lipinski definition) is 2. The van der Waals surface area contributed by atoms with Gasteiger partial charge in [0.05, 0.1) is 16.4 Å². The fraction of sp³-hybridized carbons (Fsp3) is 0.0588. The lowest BCUT2D eigenvalue weighted by atomic mass is 10.1. The predicted octanol–water partition coefficient (Wildman–Crippen LogP) is 4.99. The molecule has 0 fully saturated rings. The lowest BCUT2D eigenvalue weighted by Crippen LogP contribution is -2.03. The minimum absolute atomic E-state index is 0.0969. The summed E-state index contributed by atoms with van der Waals surface area (Å²) in [6.07, 6.45) is 0. The Morgan fingerprint density at radius 2 is 1.83 bits per heavy atom. The van der Waals surface area contributed by atoms with Crippen LogP contribution in [0.5, 0.6) is 0 Å². The maximum Gasteiger partial charge on any atom is 0.356 e. The van der Waals surface area contributed by atoms with Crippen LogP contribution in [-0.2, 0) is 0 Å². The van der Waals surface area contributed by atoms with Crippen molar-refractivity contribution in [3.05, 3.63) is 69.6 Å². The highest BCUT2D eigenvalue weighted by Gasteiger charge is 2.22. The second-order valence-corrected chi connectivity index (χ2v) is 5.99. The van der Waals surface area contributed by atoms with Gasteiger partial charge in [-0.15, -0.1) is 0 Å². The number of carboxylic acids is 1. The van der Waals surface area contributed by atoms with E-state index in [4.69, 9.17) is 23.2 Å². The summed E-state index contributed by atoms with van der Waals surface area (Å²) in [4.78, 5) is 11.5. The predicted molar refractivity (Wildman–Crippen MR) is 90.7 cm³/mol. The first-order chi connectivity index (χ1) is 11.4. The second kappa shape index (κ2) is 6.26. The van der Waals surface area contributed by atoms with E-state index in [9.17, 15) is 14.3 Å². The molecule has 0 unspecified atom stereocenters. The van der Waals surface area contributed by atoms with E-state index < -0.39 is 5.97 Å². The van der Waals surface area contributed by atoms with E-state index in [1.165, 1.54) is 16.8 Å². The summed E-state index contributed by atoms with van der Waals surface area (Å²) in [5, 5.41) is 14.3. The van der Waals surface area contributed by atoms with Crippen LogP contribution in [0.15, 0.2) is 42.5 Å². The molecular formula is C17H11Cl2FN2O2. The zero-order valence-corrected chi connectivity index (χ0v) is 13.9. The standard InChI is InChI=1S/C17H11Cl2FN2O2/c1-9-15(17(23)24)21-22(14-7-4-11(18)8-13(14)19)16(9)10-2-5-12(20)6-3-10/h2-8H,1H3,(H,23,24). The number of benzene rings is 2. The molecule has 1 N–H and O–H groups in total. The highest BCUT2D eigenvalue weighted by Crippen LogP contribution is 2.32. The van der Waals surface area contributed by atoms with E-state index >= 15 is 0 Å². The van der Waals surface area contributed by atoms with Gasteiger partial charge in [0.1, 0.15) is 5.82 Å². The first-order valence-corrected chi connectivity index (χ1v) is 7.68. The van der Waals surface area contributed by atoms with Crippen LogP contribution in [0.4, 0.5) is 4.39 Å². The molecule has 0 radical (unpaired) electrons. The molecule has 2 aromatic carbocycles. The molecule has 122 valence electrons. The maximum absolute atomic E-state index is 13.2. The molecule has 1 aromatic heterocycles. The Labute approximate surface area is 147 Å². The van der Waals surface area contributed by atoms with Gasteiger partial charge in [-0.3, -0.25) is 0 Å². The fourth-order valence-electron chi connectivity index (χ4n) is 2.47. The van der Waals surface area contributed by atoms with Crippen molar-refractivity contribution in [2.45, 2.75) is 6.92 Å². The summed E-state index contributed by atoms with van der Waals surface area (Å²) in [5.74, 6) is -1.54. The molecule has 3 aromatic rings. The Bertz CT molecular complexity index is 937. The summed E-state index contributed by atoms with van der Waals surface area (Å²) < 4.78 is 14.7. The monoisotopic (exact) mass is 364 g/mol. The minimum Gasteiger partial charge on any atom is -0.476 e. The molecule has 0 aliphatic heterocycles. The van der Waals surface area contributed by atoms with Gasteiger partial charge in [-0.25, -0.2) is 13.9 Å². The topological polar surface area (TPSA) is 55.1 Å². The summed E-state index contributed by atoms with van der Waals surface area (Å²) in [7, 11) is 0. The number of aromatic carboxylic acids is 1. The number of rotatable bonds is 3. The van der Waals surface area contributed by atoms with Crippen LogP contribution in [0.2, 0.25) is 10.0 Å². The van der Waals surface area contributed by atoms with E-state index in [-0.39, 0.29) is 11.5 Å². The van der Waals surface area contributed by atoms with Gasteiger partial charge in [0, 0.05) is 16.1 Å². The second-order valence-electron chi connectivity index (χ2n) is 5.14. The van der Waals surface area contributed by atoms with Crippen LogP contribution in [-0.4, -0.2) is 20.9 Å². The van der Waals surface area contributed by atoms with E-state index in [0.29, 0.717) is 32.6 Å². The molecule has 0 amide bonds. The largest absolute Gasteiger partial charge is 0.476 e. The van der Waals surface area contributed by atoms with Crippen LogP contribution in [0.1, 0.15) is 16.1 Å². The Hall–Kier alpha value is -2.37. The van der Waals surface area contributed by atoms with Crippen LogP contribution in [0.25, 0.3) is 16.9 Å². The summed E-state index contributed by atoms with van der Waals surface area (Å²) in [5.41, 5.74) is 1.99. The first kappa shape index (κ1) is 16.5. The molecule has 4 nitrogen and oxygen atoms in total. The van der Waals surface area contributed by atoms with Gasteiger partial charge in [-0.1, -0.05) is 23.2 Å². The molecule has 0 spiro atoms. The third-order valence-corrected chi connectivity index (χ3v) is 4.12. The third-order valence-electron chi connectivity index (χ3n) is 3.58. The van der Waals surface area contributed by atoms with Crippen molar-refractivity contribution in [1.82, 2.24) is 9.78 Å². The van der Waals surface area contributed by atoms with E-state index in [0.717, 1.165) is 0 Å². The first-order valence-electron chi connectivity index (χ1n) is 6.92. The van der Waals surface area contributed by atoms with Crippen molar-refractivity contribution in [1.29, 1.82) is 0 Å². The average molecular weight is 365 g/mol. The summed E-state index contributed by atoms with van der Waals surface area (Å²) in [6.45, 7) is 1.65. The Morgan fingerprint density at radius 1 is 1.17 bits per heavy atom. The van der Waals surface area contributed by atoms with Crippen molar-refractivity contribution in [2.24, 2.45) is 0 Å². The molecule has 3 rings (SSSR count). The molecule has 0 aliphatic rings. The average Bonchev–Trinajstić information content (AvgIpc) is 2.86. The number of nitrogens with zero attached hydrogens (tertiary/aromatic N) is 2. The van der Waals surface area contributed by atoms with Gasteiger partial charge in [-0.2, -0.15) is 5.10 Å². The van der Waals surface area contributed by atoms with E-state index in [2.05, 4.69) is 5.10 Å². The van der Waals surface area contributed by atoms with Gasteiger partial charge in [0.25, 0.3) is 0 Å². The maximum atomic E-state index is 13.2. The van der Waals surface area contributed by atoms with Crippen molar-refractivity contribution >= 4 is 29.2 Å². The number of halogens is 3. The van der Waals surface area contributed by atoms with Crippen LogP contribution >= 0.6 is 23.2 Å². The minimum atomic E-state index is -1.15. The normalized spacial score (nSPS) is 10.8. The molecule has 1 heterocycles. The van der Waals surface area contributed by atoms with Crippen LogP contribution in [0, 0.1) is 12.7 Å². The fourth-order valence-corrected chi connectivity index (χ4v) is 2.96. The van der Waals surface area contributed by atoms with Gasteiger partial charge < -0.3 is 5.11 Å². The van der Waals surface area contributed by atoms with Crippen LogP contribution in [0.3, 0.4) is 0 Å². The SMILES string of the molecule is Cc1c(C(=O)O)nn(-c2ccc(Cl)cc2Cl)c1-c1ccc(F)cc1. The molecule has 0 aliphatic carbocycles. The van der Waals surface area contributed by atoms with Crippen molar-refractivity contribution in [3.63, 3.8) is 0 Å². The molecular weight excluding hydrogens is 354 g/mol. The molecule has 7 heteroatoms. The molecule has 24 heavy (non-hydrogen) atoms. The third kappa shape index (κ3) is 2.88. The van der Waals surface area contributed by atoms with E-state index in [1.54, 1.807) is 37.3 Å². The van der Waals surface area contributed by atoms with E-state index in [1.807, 2.05) is 0 Å². The van der Waals surface area contributed by atoms with Crippen molar-refractivity contribution < 1.29 is 14.3 Å². The van der Waals surface area contributed by atoms with Gasteiger partial charge in [0.2, 0.25) is 0 Å². The zero-order chi connectivity index (χ0) is 17.4. The Kier molecular flexibility index (Phi) is 4.30. The lowest BCUT2D eigenvalue weighted by molar-refractivity contribution is 0.0689. The number of carboxylic acid groups (broad SMARTS) is 1. The molecule has 0 saturated heterocycles. The highest BCUT2D eigenvalue weighted by molar-refractivity contribution is 6.35. The quantitative estimate of drug-likeness (QED) is 0.711. The van der Waals surface area contributed by atoms with Crippen LogP contribution < -0.4 is 0 Å². The summed E-state index contributed by atoms with van der Waals surface area (Å²) >= 11 is 12.2. The van der Waals surface area contributed by atoms with Gasteiger partial charge in [0.15, 0.2) is 5.69 Å². The zero-order valence-electron chi connectivity index (χ0n) is 12.4. The number of carbonyl (C=O) groups is 1. The molecule has 0 saturated carbocycles. The summed E-state index contributed by atoms with van der Waals surface area (Å²) in [6, 6.07) is 10.6. The van der Waals surface area contributed by atoms with Gasteiger partial charge >= 0.3 is 5.97 Å². The lowest BCUT2D eigenvalue weighted by Gasteiger charge is -2.10.